The van der Waals surface area contributed by atoms with Gasteiger partial charge >= 0.3 is 5.97 Å². The van der Waals surface area contributed by atoms with Crippen molar-refractivity contribution in [1.82, 2.24) is 14.7 Å². The Labute approximate surface area is 110 Å². The minimum atomic E-state index is -0.757. The van der Waals surface area contributed by atoms with Gasteiger partial charge in [-0.2, -0.15) is 5.10 Å². The van der Waals surface area contributed by atoms with Crippen molar-refractivity contribution in [3.63, 3.8) is 0 Å². The SMILES string of the molecule is COC(=O)C1COCCN1C(=O)c1nn(C)cc1N. The minimum absolute atomic E-state index is 0.116. The minimum Gasteiger partial charge on any atom is -0.467 e. The summed E-state index contributed by atoms with van der Waals surface area (Å²) in [6.45, 7) is 0.783. The number of rotatable bonds is 2. The van der Waals surface area contributed by atoms with Crippen molar-refractivity contribution in [2.24, 2.45) is 7.05 Å². The highest BCUT2D eigenvalue weighted by Crippen LogP contribution is 2.16. The summed E-state index contributed by atoms with van der Waals surface area (Å²) in [6, 6.07) is -0.757. The van der Waals surface area contributed by atoms with E-state index in [4.69, 9.17) is 10.5 Å². The van der Waals surface area contributed by atoms with E-state index in [1.165, 1.54) is 16.7 Å². The number of aromatic nitrogens is 2. The highest BCUT2D eigenvalue weighted by atomic mass is 16.5. The molecule has 1 saturated heterocycles. The second-order valence-electron chi connectivity index (χ2n) is 4.22. The third-order valence-electron chi connectivity index (χ3n) is 2.92. The van der Waals surface area contributed by atoms with Crippen molar-refractivity contribution < 1.29 is 19.1 Å². The van der Waals surface area contributed by atoms with Gasteiger partial charge in [-0.1, -0.05) is 0 Å². The van der Waals surface area contributed by atoms with Gasteiger partial charge in [-0.15, -0.1) is 0 Å². The maximum atomic E-state index is 12.4. The Hall–Kier alpha value is -2.09. The normalized spacial score (nSPS) is 19.3. The standard InChI is InChI=1S/C11H16N4O4/c1-14-5-7(12)9(13-14)10(16)15-3-4-19-6-8(15)11(17)18-2/h5,8H,3-4,6,12H2,1-2H3. The van der Waals surface area contributed by atoms with E-state index in [0.717, 1.165) is 0 Å². The van der Waals surface area contributed by atoms with Crippen LogP contribution in [0.25, 0.3) is 0 Å². The molecule has 2 N–H and O–H groups in total. The number of nitrogen functional groups attached to an aromatic ring is 1. The lowest BCUT2D eigenvalue weighted by atomic mass is 10.2. The first-order valence-electron chi connectivity index (χ1n) is 5.80. The molecule has 1 aromatic rings. The van der Waals surface area contributed by atoms with Crippen LogP contribution in [0.4, 0.5) is 5.69 Å². The number of carbonyl (C=O) groups excluding carboxylic acids is 2. The fourth-order valence-corrected chi connectivity index (χ4v) is 1.99. The molecule has 0 saturated carbocycles. The van der Waals surface area contributed by atoms with Gasteiger partial charge in [-0.3, -0.25) is 9.48 Å². The van der Waals surface area contributed by atoms with Gasteiger partial charge in [-0.25, -0.2) is 4.79 Å². The fraction of sp³-hybridized carbons (Fsp3) is 0.545. The lowest BCUT2D eigenvalue weighted by Gasteiger charge is -2.33. The number of methoxy groups -OCH3 is 1. The summed E-state index contributed by atoms with van der Waals surface area (Å²) in [5.41, 5.74) is 6.14. The molecule has 8 heteroatoms. The van der Waals surface area contributed by atoms with Crippen LogP contribution >= 0.6 is 0 Å². The van der Waals surface area contributed by atoms with Gasteiger partial charge in [0.15, 0.2) is 11.7 Å². The van der Waals surface area contributed by atoms with Crippen LogP contribution in [0.2, 0.25) is 0 Å². The van der Waals surface area contributed by atoms with Gasteiger partial charge < -0.3 is 20.1 Å². The number of amides is 1. The lowest BCUT2D eigenvalue weighted by Crippen LogP contribution is -2.53. The van der Waals surface area contributed by atoms with E-state index in [1.807, 2.05) is 0 Å². The summed E-state index contributed by atoms with van der Waals surface area (Å²) in [5.74, 6) is -0.903. The zero-order valence-electron chi connectivity index (χ0n) is 10.8. The Morgan fingerprint density at radius 1 is 1.58 bits per heavy atom. The molecule has 0 aliphatic carbocycles. The van der Waals surface area contributed by atoms with Crippen molar-refractivity contribution in [3.05, 3.63) is 11.9 Å². The highest BCUT2D eigenvalue weighted by molar-refractivity contribution is 5.99. The molecule has 1 atom stereocenters. The Morgan fingerprint density at radius 3 is 2.89 bits per heavy atom. The maximum Gasteiger partial charge on any atom is 0.331 e. The molecule has 1 unspecified atom stereocenters. The fourth-order valence-electron chi connectivity index (χ4n) is 1.99. The molecule has 1 amide bonds. The van der Waals surface area contributed by atoms with E-state index in [0.29, 0.717) is 13.2 Å². The highest BCUT2D eigenvalue weighted by Gasteiger charge is 2.35. The Morgan fingerprint density at radius 2 is 2.32 bits per heavy atom. The number of hydrogen-bond acceptors (Lipinski definition) is 6. The molecule has 0 bridgehead atoms. The molecule has 104 valence electrons. The van der Waals surface area contributed by atoms with Gasteiger partial charge in [0.2, 0.25) is 0 Å². The topological polar surface area (TPSA) is 99.7 Å². The number of esters is 1. The van der Waals surface area contributed by atoms with E-state index in [-0.39, 0.29) is 18.0 Å². The van der Waals surface area contributed by atoms with Crippen molar-refractivity contribution >= 4 is 17.6 Å². The molecule has 1 aromatic heterocycles. The van der Waals surface area contributed by atoms with Crippen molar-refractivity contribution in [3.8, 4) is 0 Å². The predicted octanol–water partition coefficient (Wildman–Crippen LogP) is -0.984. The monoisotopic (exact) mass is 268 g/mol. The number of nitrogens with two attached hydrogens (primary N) is 1. The average molecular weight is 268 g/mol. The molecule has 19 heavy (non-hydrogen) atoms. The van der Waals surface area contributed by atoms with E-state index < -0.39 is 17.9 Å². The van der Waals surface area contributed by atoms with Crippen LogP contribution in [0, 0.1) is 0 Å². The third-order valence-corrected chi connectivity index (χ3v) is 2.92. The van der Waals surface area contributed by atoms with Gasteiger partial charge in [0.05, 0.1) is 26.0 Å². The van der Waals surface area contributed by atoms with Crippen molar-refractivity contribution in [2.75, 3.05) is 32.6 Å². The first-order valence-corrected chi connectivity index (χ1v) is 5.80. The second-order valence-corrected chi connectivity index (χ2v) is 4.22. The van der Waals surface area contributed by atoms with Crippen LogP contribution in [0.15, 0.2) is 6.20 Å². The second kappa shape index (κ2) is 5.27. The zero-order chi connectivity index (χ0) is 14.0. The smallest absolute Gasteiger partial charge is 0.331 e. The molecule has 1 aliphatic heterocycles. The van der Waals surface area contributed by atoms with Crippen LogP contribution < -0.4 is 5.73 Å². The van der Waals surface area contributed by atoms with E-state index >= 15 is 0 Å². The first kappa shape index (κ1) is 13.3. The number of aryl methyl sites for hydroxylation is 1. The lowest BCUT2D eigenvalue weighted by molar-refractivity contribution is -0.151. The number of nitrogens with zero attached hydrogens (tertiary/aromatic N) is 3. The molecular formula is C11H16N4O4. The quantitative estimate of drug-likeness (QED) is 0.692. The average Bonchev–Trinajstić information content (AvgIpc) is 2.76. The molecule has 2 heterocycles. The largest absolute Gasteiger partial charge is 0.467 e. The van der Waals surface area contributed by atoms with Crippen molar-refractivity contribution in [1.29, 1.82) is 0 Å². The summed E-state index contributed by atoms with van der Waals surface area (Å²) >= 11 is 0. The number of anilines is 1. The van der Waals surface area contributed by atoms with Crippen LogP contribution in [0.1, 0.15) is 10.5 Å². The summed E-state index contributed by atoms with van der Waals surface area (Å²) in [7, 11) is 2.94. The molecule has 2 rings (SSSR count). The van der Waals surface area contributed by atoms with E-state index in [1.54, 1.807) is 13.2 Å². The molecule has 0 spiro atoms. The van der Waals surface area contributed by atoms with Gasteiger partial charge in [0.25, 0.3) is 5.91 Å². The number of hydrogen-bond donors (Lipinski definition) is 1. The molecular weight excluding hydrogens is 252 g/mol. The van der Waals surface area contributed by atoms with Crippen LogP contribution in [0.5, 0.6) is 0 Å². The van der Waals surface area contributed by atoms with Gasteiger partial charge in [-0.05, 0) is 0 Å². The van der Waals surface area contributed by atoms with Gasteiger partial charge in [0.1, 0.15) is 0 Å². The Kier molecular flexibility index (Phi) is 3.70. The van der Waals surface area contributed by atoms with Crippen LogP contribution in [-0.4, -0.2) is 59.5 Å². The summed E-state index contributed by atoms with van der Waals surface area (Å²) in [5, 5.41) is 4.01. The summed E-state index contributed by atoms with van der Waals surface area (Å²) in [6.07, 6.45) is 1.54. The summed E-state index contributed by atoms with van der Waals surface area (Å²) < 4.78 is 11.3. The van der Waals surface area contributed by atoms with Crippen LogP contribution in [0.3, 0.4) is 0 Å². The maximum absolute atomic E-state index is 12.4. The Bertz CT molecular complexity index is 499. The summed E-state index contributed by atoms with van der Waals surface area (Å²) in [4.78, 5) is 25.4. The van der Waals surface area contributed by atoms with Crippen LogP contribution in [-0.2, 0) is 21.3 Å². The van der Waals surface area contributed by atoms with Gasteiger partial charge in [0, 0.05) is 19.8 Å². The molecule has 0 radical (unpaired) electrons. The van der Waals surface area contributed by atoms with E-state index in [2.05, 4.69) is 9.84 Å². The predicted molar refractivity (Wildman–Crippen MR) is 65.3 cm³/mol. The number of morpholine rings is 1. The molecule has 1 fully saturated rings. The zero-order valence-corrected chi connectivity index (χ0v) is 10.8. The third kappa shape index (κ3) is 2.53. The number of ether oxygens (including phenoxy) is 2. The number of carbonyl (C=O) groups is 2. The first-order chi connectivity index (χ1) is 9.04. The molecule has 8 nitrogen and oxygen atoms in total. The molecule has 1 aliphatic rings. The molecule has 0 aromatic carbocycles. The van der Waals surface area contributed by atoms with Crippen molar-refractivity contribution in [2.45, 2.75) is 6.04 Å². The van der Waals surface area contributed by atoms with E-state index in [9.17, 15) is 9.59 Å². The Balaban J connectivity index is 2.25.